The average Bonchev–Trinajstić information content (AvgIpc) is 2.37. The Balaban J connectivity index is 2.85. The molecule has 17 heavy (non-hydrogen) atoms. The first kappa shape index (κ1) is 14.0. The molecular formula is C13H21NO3. The highest BCUT2D eigenvalue weighted by atomic mass is 16.5. The number of benzene rings is 1. The van der Waals surface area contributed by atoms with E-state index < -0.39 is 5.54 Å². The summed E-state index contributed by atoms with van der Waals surface area (Å²) in [6.07, 6.45) is 0.762. The van der Waals surface area contributed by atoms with Crippen molar-refractivity contribution in [1.82, 2.24) is 5.32 Å². The van der Waals surface area contributed by atoms with Crippen molar-refractivity contribution in [2.45, 2.75) is 18.9 Å². The number of phenols is 1. The van der Waals surface area contributed by atoms with Gasteiger partial charge in [0.2, 0.25) is 0 Å². The molecule has 0 amide bonds. The maximum atomic E-state index is 9.63. The Morgan fingerprint density at radius 2 is 1.94 bits per heavy atom. The number of aliphatic hydroxyl groups excluding tert-OH is 1. The standard InChI is InChI=1S/C13H21NO3/c1-3-13(10-15,14-8-9-17-2)11-4-6-12(16)7-5-11/h4-7,14-16H,3,8-10H2,1-2H3. The third-order valence-corrected chi connectivity index (χ3v) is 3.06. The highest BCUT2D eigenvalue weighted by molar-refractivity contribution is 5.31. The van der Waals surface area contributed by atoms with E-state index in [1.165, 1.54) is 0 Å². The van der Waals surface area contributed by atoms with Crippen molar-refractivity contribution in [3.8, 4) is 5.75 Å². The lowest BCUT2D eigenvalue weighted by Gasteiger charge is -2.32. The topological polar surface area (TPSA) is 61.7 Å². The van der Waals surface area contributed by atoms with Crippen LogP contribution in [-0.4, -0.2) is 37.1 Å². The highest BCUT2D eigenvalue weighted by Crippen LogP contribution is 2.26. The second-order valence-corrected chi connectivity index (χ2v) is 4.06. The van der Waals surface area contributed by atoms with Crippen LogP contribution in [0.3, 0.4) is 0 Å². The van der Waals surface area contributed by atoms with E-state index in [1.54, 1.807) is 19.2 Å². The van der Waals surface area contributed by atoms with Gasteiger partial charge in [-0.3, -0.25) is 0 Å². The van der Waals surface area contributed by atoms with Gasteiger partial charge in [-0.25, -0.2) is 0 Å². The third kappa shape index (κ3) is 3.43. The molecule has 1 aromatic rings. The number of nitrogens with one attached hydrogen (secondary N) is 1. The van der Waals surface area contributed by atoms with E-state index in [4.69, 9.17) is 4.74 Å². The zero-order chi connectivity index (χ0) is 12.7. The summed E-state index contributed by atoms with van der Waals surface area (Å²) in [6, 6.07) is 6.92. The van der Waals surface area contributed by atoms with E-state index in [-0.39, 0.29) is 12.4 Å². The number of aromatic hydroxyl groups is 1. The summed E-state index contributed by atoms with van der Waals surface area (Å²) in [4.78, 5) is 0. The monoisotopic (exact) mass is 239 g/mol. The van der Waals surface area contributed by atoms with Crippen LogP contribution in [0.25, 0.3) is 0 Å². The van der Waals surface area contributed by atoms with Crippen molar-refractivity contribution in [2.24, 2.45) is 0 Å². The normalized spacial score (nSPS) is 14.5. The Labute approximate surface area is 102 Å². The molecule has 4 heteroatoms. The van der Waals surface area contributed by atoms with Gasteiger partial charge in [0.1, 0.15) is 5.75 Å². The van der Waals surface area contributed by atoms with Crippen LogP contribution >= 0.6 is 0 Å². The maximum Gasteiger partial charge on any atom is 0.115 e. The van der Waals surface area contributed by atoms with Gasteiger partial charge < -0.3 is 20.3 Å². The van der Waals surface area contributed by atoms with Crippen molar-refractivity contribution >= 4 is 0 Å². The van der Waals surface area contributed by atoms with Gasteiger partial charge >= 0.3 is 0 Å². The van der Waals surface area contributed by atoms with Gasteiger partial charge in [-0.2, -0.15) is 0 Å². The lowest BCUT2D eigenvalue weighted by atomic mass is 9.88. The zero-order valence-corrected chi connectivity index (χ0v) is 10.4. The molecule has 0 aliphatic heterocycles. The van der Waals surface area contributed by atoms with Crippen LogP contribution in [0.1, 0.15) is 18.9 Å². The summed E-state index contributed by atoms with van der Waals surface area (Å²) >= 11 is 0. The van der Waals surface area contributed by atoms with Gasteiger partial charge in [-0.15, -0.1) is 0 Å². The smallest absolute Gasteiger partial charge is 0.115 e. The van der Waals surface area contributed by atoms with E-state index in [0.717, 1.165) is 12.0 Å². The molecule has 1 atom stereocenters. The summed E-state index contributed by atoms with van der Waals surface area (Å²) in [5.41, 5.74) is 0.503. The average molecular weight is 239 g/mol. The predicted molar refractivity (Wildman–Crippen MR) is 67.0 cm³/mol. The molecule has 0 aliphatic rings. The van der Waals surface area contributed by atoms with E-state index >= 15 is 0 Å². The van der Waals surface area contributed by atoms with Crippen LogP contribution in [0, 0.1) is 0 Å². The molecule has 4 nitrogen and oxygen atoms in total. The molecule has 0 fully saturated rings. The minimum absolute atomic E-state index is 0.0119. The quantitative estimate of drug-likeness (QED) is 0.626. The molecule has 0 heterocycles. The van der Waals surface area contributed by atoms with Crippen molar-refractivity contribution in [3.63, 3.8) is 0 Å². The largest absolute Gasteiger partial charge is 0.508 e. The minimum Gasteiger partial charge on any atom is -0.508 e. The van der Waals surface area contributed by atoms with E-state index in [2.05, 4.69) is 5.32 Å². The van der Waals surface area contributed by atoms with Crippen LogP contribution in [-0.2, 0) is 10.3 Å². The van der Waals surface area contributed by atoms with Crippen LogP contribution in [0.5, 0.6) is 5.75 Å². The summed E-state index contributed by atoms with van der Waals surface area (Å²) < 4.78 is 5.00. The molecule has 3 N–H and O–H groups in total. The molecule has 96 valence electrons. The number of phenolic OH excluding ortho intramolecular Hbond substituents is 1. The second kappa shape index (κ2) is 6.59. The van der Waals surface area contributed by atoms with Gasteiger partial charge in [0, 0.05) is 13.7 Å². The predicted octanol–water partition coefficient (Wildman–Crippen LogP) is 1.23. The number of aliphatic hydroxyl groups is 1. The molecule has 0 aliphatic carbocycles. The Kier molecular flexibility index (Phi) is 5.41. The van der Waals surface area contributed by atoms with E-state index in [0.29, 0.717) is 13.2 Å². The van der Waals surface area contributed by atoms with Crippen LogP contribution in [0.4, 0.5) is 0 Å². The Bertz CT molecular complexity index is 320. The van der Waals surface area contributed by atoms with Gasteiger partial charge in [0.15, 0.2) is 0 Å². The zero-order valence-electron chi connectivity index (χ0n) is 10.4. The highest BCUT2D eigenvalue weighted by Gasteiger charge is 2.28. The number of methoxy groups -OCH3 is 1. The SMILES string of the molecule is CCC(CO)(NCCOC)c1ccc(O)cc1. The molecule has 1 rings (SSSR count). The molecule has 1 unspecified atom stereocenters. The molecule has 0 saturated carbocycles. The molecule has 0 saturated heterocycles. The van der Waals surface area contributed by atoms with Crippen LogP contribution in [0.2, 0.25) is 0 Å². The first-order valence-electron chi connectivity index (χ1n) is 5.83. The minimum atomic E-state index is -0.466. The molecule has 0 radical (unpaired) electrons. The number of rotatable bonds is 7. The van der Waals surface area contributed by atoms with Crippen molar-refractivity contribution in [1.29, 1.82) is 0 Å². The molecule has 0 spiro atoms. The lowest BCUT2D eigenvalue weighted by molar-refractivity contribution is 0.134. The molecular weight excluding hydrogens is 218 g/mol. The summed E-state index contributed by atoms with van der Waals surface area (Å²) in [6.45, 7) is 3.30. The molecule has 0 bridgehead atoms. The van der Waals surface area contributed by atoms with Gasteiger partial charge in [-0.05, 0) is 24.1 Å². The van der Waals surface area contributed by atoms with E-state index in [1.807, 2.05) is 19.1 Å². The first-order chi connectivity index (χ1) is 8.18. The fourth-order valence-corrected chi connectivity index (χ4v) is 1.86. The molecule has 0 aromatic heterocycles. The fourth-order valence-electron chi connectivity index (χ4n) is 1.86. The number of ether oxygens (including phenoxy) is 1. The first-order valence-corrected chi connectivity index (χ1v) is 5.83. The summed E-state index contributed by atoms with van der Waals surface area (Å²) in [5, 5.41) is 22.2. The molecule has 1 aromatic carbocycles. The van der Waals surface area contributed by atoms with Gasteiger partial charge in [0.05, 0.1) is 18.8 Å². The third-order valence-electron chi connectivity index (χ3n) is 3.06. The Hall–Kier alpha value is -1.10. The number of hydrogen-bond donors (Lipinski definition) is 3. The van der Waals surface area contributed by atoms with Gasteiger partial charge in [0.25, 0.3) is 0 Å². The summed E-state index contributed by atoms with van der Waals surface area (Å²) in [5.74, 6) is 0.230. The van der Waals surface area contributed by atoms with E-state index in [9.17, 15) is 10.2 Å². The van der Waals surface area contributed by atoms with Gasteiger partial charge in [-0.1, -0.05) is 19.1 Å². The van der Waals surface area contributed by atoms with Crippen molar-refractivity contribution in [2.75, 3.05) is 26.9 Å². The van der Waals surface area contributed by atoms with Crippen molar-refractivity contribution < 1.29 is 14.9 Å². The lowest BCUT2D eigenvalue weighted by Crippen LogP contribution is -2.46. The van der Waals surface area contributed by atoms with Crippen LogP contribution in [0.15, 0.2) is 24.3 Å². The Morgan fingerprint density at radius 1 is 1.29 bits per heavy atom. The van der Waals surface area contributed by atoms with Crippen LogP contribution < -0.4 is 5.32 Å². The Morgan fingerprint density at radius 3 is 2.41 bits per heavy atom. The second-order valence-electron chi connectivity index (χ2n) is 4.06. The fraction of sp³-hybridized carbons (Fsp3) is 0.538. The maximum absolute atomic E-state index is 9.63. The summed E-state index contributed by atoms with van der Waals surface area (Å²) in [7, 11) is 1.65. The van der Waals surface area contributed by atoms with Crippen molar-refractivity contribution in [3.05, 3.63) is 29.8 Å². The number of hydrogen-bond acceptors (Lipinski definition) is 4.